The summed E-state index contributed by atoms with van der Waals surface area (Å²) in [6, 6.07) is 15.2. The number of nitrogens with zero attached hydrogens (tertiary/aromatic N) is 4. The second-order valence-corrected chi connectivity index (χ2v) is 7.74. The van der Waals surface area contributed by atoms with Crippen LogP contribution in [0.5, 0.6) is 11.5 Å². The van der Waals surface area contributed by atoms with Crippen molar-refractivity contribution in [2.75, 3.05) is 30.4 Å². The highest BCUT2D eigenvalue weighted by Gasteiger charge is 2.21. The number of hydrogen-bond donors (Lipinski definition) is 0. The van der Waals surface area contributed by atoms with Crippen molar-refractivity contribution in [1.29, 1.82) is 5.26 Å². The van der Waals surface area contributed by atoms with Crippen molar-refractivity contribution >= 4 is 23.4 Å². The van der Waals surface area contributed by atoms with E-state index in [-0.39, 0.29) is 24.6 Å². The highest BCUT2D eigenvalue weighted by molar-refractivity contribution is 7.99. The number of aryl methyl sites for hydroxylation is 1. The van der Waals surface area contributed by atoms with E-state index < -0.39 is 0 Å². The van der Waals surface area contributed by atoms with Gasteiger partial charge < -0.3 is 18.8 Å². The molecule has 0 unspecified atom stereocenters. The molecule has 0 bridgehead atoms. The molecule has 8 nitrogen and oxygen atoms in total. The number of amides is 1. The van der Waals surface area contributed by atoms with Crippen molar-refractivity contribution in [3.05, 3.63) is 48.0 Å². The third-order valence-corrected chi connectivity index (χ3v) is 5.41. The number of rotatable bonds is 7. The van der Waals surface area contributed by atoms with Gasteiger partial charge in [0.2, 0.25) is 11.8 Å². The maximum Gasteiger partial charge on any atom is 0.277 e. The molecule has 31 heavy (non-hydrogen) atoms. The van der Waals surface area contributed by atoms with E-state index >= 15 is 0 Å². The van der Waals surface area contributed by atoms with Crippen LogP contribution in [0.15, 0.2) is 52.1 Å². The van der Waals surface area contributed by atoms with Crippen molar-refractivity contribution < 1.29 is 18.7 Å². The monoisotopic (exact) mass is 436 g/mol. The number of carbonyl (C=O) groups excluding carboxylic acids is 1. The lowest BCUT2D eigenvalue weighted by Crippen LogP contribution is -2.33. The number of ether oxygens (including phenoxy) is 2. The summed E-state index contributed by atoms with van der Waals surface area (Å²) >= 11 is 1.16. The summed E-state index contributed by atoms with van der Waals surface area (Å²) in [5.41, 5.74) is 2.61. The van der Waals surface area contributed by atoms with Gasteiger partial charge >= 0.3 is 0 Å². The van der Waals surface area contributed by atoms with Gasteiger partial charge in [0.15, 0.2) is 11.5 Å². The second-order valence-electron chi connectivity index (χ2n) is 6.81. The molecule has 2 aromatic carbocycles. The Kier molecular flexibility index (Phi) is 6.38. The predicted molar refractivity (Wildman–Crippen MR) is 115 cm³/mol. The molecule has 0 fully saturated rings. The summed E-state index contributed by atoms with van der Waals surface area (Å²) in [5.74, 6) is 1.56. The molecule has 0 spiro atoms. The number of anilines is 1. The van der Waals surface area contributed by atoms with Gasteiger partial charge in [0.25, 0.3) is 5.22 Å². The predicted octanol–water partition coefficient (Wildman–Crippen LogP) is 3.86. The van der Waals surface area contributed by atoms with Crippen molar-refractivity contribution in [2.45, 2.75) is 18.6 Å². The van der Waals surface area contributed by atoms with Crippen LogP contribution in [0.25, 0.3) is 11.5 Å². The van der Waals surface area contributed by atoms with Crippen LogP contribution in [0.2, 0.25) is 0 Å². The summed E-state index contributed by atoms with van der Waals surface area (Å²) in [5, 5.41) is 17.4. The topological polar surface area (TPSA) is 101 Å². The third-order valence-electron chi connectivity index (χ3n) is 4.61. The van der Waals surface area contributed by atoms with Crippen LogP contribution in [0, 0.1) is 18.3 Å². The molecule has 158 valence electrons. The lowest BCUT2D eigenvalue weighted by molar-refractivity contribution is -0.116. The van der Waals surface area contributed by atoms with Crippen molar-refractivity contribution in [1.82, 2.24) is 10.2 Å². The summed E-state index contributed by atoms with van der Waals surface area (Å²) in [6.45, 7) is 3.23. The maximum atomic E-state index is 12.9. The molecule has 4 rings (SSSR count). The number of nitriles is 1. The lowest BCUT2D eigenvalue weighted by atomic mass is 10.1. The standard InChI is InChI=1S/C22H20N4O4S/c1-15-3-5-16(6-4-15)21-24-25-22(30-21)31-14-20(27)26(10-2-9-23)17-7-8-18-19(13-17)29-12-11-28-18/h3-8,13H,2,10-12,14H2,1H3. The number of thioether (sulfide) groups is 1. The normalized spacial score (nSPS) is 12.3. The first-order valence-electron chi connectivity index (χ1n) is 9.74. The Morgan fingerprint density at radius 2 is 1.90 bits per heavy atom. The summed E-state index contributed by atoms with van der Waals surface area (Å²) < 4.78 is 16.8. The molecule has 9 heteroatoms. The minimum atomic E-state index is -0.174. The molecule has 0 radical (unpaired) electrons. The highest BCUT2D eigenvalue weighted by Crippen LogP contribution is 2.34. The van der Waals surface area contributed by atoms with Gasteiger partial charge in [-0.3, -0.25) is 4.79 Å². The molecule has 1 amide bonds. The van der Waals surface area contributed by atoms with Crippen molar-refractivity contribution in [3.8, 4) is 29.0 Å². The molecular weight excluding hydrogens is 416 g/mol. The Hall–Kier alpha value is -3.51. The first-order chi connectivity index (χ1) is 15.1. The van der Waals surface area contributed by atoms with Crippen molar-refractivity contribution in [3.63, 3.8) is 0 Å². The zero-order chi connectivity index (χ0) is 21.6. The lowest BCUT2D eigenvalue weighted by Gasteiger charge is -2.24. The number of carbonyl (C=O) groups is 1. The largest absolute Gasteiger partial charge is 0.486 e. The first kappa shape index (κ1) is 20.8. The number of hydrogen-bond acceptors (Lipinski definition) is 8. The fourth-order valence-electron chi connectivity index (χ4n) is 3.04. The van der Waals surface area contributed by atoms with Crippen LogP contribution in [0.4, 0.5) is 5.69 Å². The third kappa shape index (κ3) is 4.98. The van der Waals surface area contributed by atoms with E-state index in [1.165, 1.54) is 0 Å². The van der Waals surface area contributed by atoms with Gasteiger partial charge in [0, 0.05) is 23.9 Å². The zero-order valence-electron chi connectivity index (χ0n) is 16.9. The number of fused-ring (bicyclic) bond motifs is 1. The molecule has 1 aliphatic heterocycles. The molecule has 2 heterocycles. The van der Waals surface area contributed by atoms with E-state index in [9.17, 15) is 4.79 Å². The smallest absolute Gasteiger partial charge is 0.277 e. The van der Waals surface area contributed by atoms with Gasteiger partial charge in [-0.15, -0.1) is 10.2 Å². The SMILES string of the molecule is Cc1ccc(-c2nnc(SCC(=O)N(CCC#N)c3ccc4c(c3)OCCO4)o2)cc1. The average molecular weight is 436 g/mol. The second kappa shape index (κ2) is 9.53. The fourth-order valence-corrected chi connectivity index (χ4v) is 3.68. The van der Waals surface area contributed by atoms with E-state index in [4.69, 9.17) is 19.2 Å². The molecule has 0 N–H and O–H groups in total. The van der Waals surface area contributed by atoms with E-state index in [1.807, 2.05) is 31.2 Å². The summed E-state index contributed by atoms with van der Waals surface area (Å²) in [4.78, 5) is 14.5. The van der Waals surface area contributed by atoms with E-state index in [0.717, 1.165) is 22.9 Å². The molecule has 0 saturated heterocycles. The molecule has 0 aliphatic carbocycles. The Bertz CT molecular complexity index is 1110. The van der Waals surface area contributed by atoms with Crippen LogP contribution in [-0.2, 0) is 4.79 Å². The van der Waals surface area contributed by atoms with Gasteiger partial charge in [-0.2, -0.15) is 5.26 Å². The van der Waals surface area contributed by atoms with Crippen LogP contribution in [0.1, 0.15) is 12.0 Å². The molecule has 0 atom stereocenters. The average Bonchev–Trinajstić information content (AvgIpc) is 3.27. The Morgan fingerprint density at radius 1 is 1.13 bits per heavy atom. The molecular formula is C22H20N4O4S. The molecule has 0 saturated carbocycles. The van der Waals surface area contributed by atoms with E-state index in [0.29, 0.717) is 41.5 Å². The highest BCUT2D eigenvalue weighted by atomic mass is 32.2. The van der Waals surface area contributed by atoms with Gasteiger partial charge in [-0.05, 0) is 31.2 Å². The van der Waals surface area contributed by atoms with Crippen molar-refractivity contribution in [2.24, 2.45) is 0 Å². The Balaban J connectivity index is 1.45. The van der Waals surface area contributed by atoms with Crippen LogP contribution in [-0.4, -0.2) is 41.6 Å². The quantitative estimate of drug-likeness (QED) is 0.515. The van der Waals surface area contributed by atoms with Crippen LogP contribution < -0.4 is 14.4 Å². The van der Waals surface area contributed by atoms with Gasteiger partial charge in [-0.1, -0.05) is 29.5 Å². The van der Waals surface area contributed by atoms with Gasteiger partial charge in [-0.25, -0.2) is 0 Å². The minimum Gasteiger partial charge on any atom is -0.486 e. The number of aromatic nitrogens is 2. The van der Waals surface area contributed by atoms with Crippen LogP contribution in [0.3, 0.4) is 0 Å². The Labute approximate surface area is 183 Å². The van der Waals surface area contributed by atoms with Gasteiger partial charge in [0.1, 0.15) is 13.2 Å². The molecule has 1 aliphatic rings. The van der Waals surface area contributed by atoms with Crippen LogP contribution >= 0.6 is 11.8 Å². The van der Waals surface area contributed by atoms with E-state index in [1.54, 1.807) is 23.1 Å². The van der Waals surface area contributed by atoms with E-state index in [2.05, 4.69) is 16.3 Å². The fraction of sp³-hybridized carbons (Fsp3) is 0.273. The maximum absolute atomic E-state index is 12.9. The summed E-state index contributed by atoms with van der Waals surface area (Å²) in [6.07, 6.45) is 0.211. The molecule has 3 aromatic rings. The first-order valence-corrected chi connectivity index (χ1v) is 10.7. The molecule has 1 aromatic heterocycles. The zero-order valence-corrected chi connectivity index (χ0v) is 17.7. The minimum absolute atomic E-state index is 0.0927. The summed E-state index contributed by atoms with van der Waals surface area (Å²) in [7, 11) is 0. The van der Waals surface area contributed by atoms with Gasteiger partial charge in [0.05, 0.1) is 18.2 Å². The number of benzene rings is 2. The Morgan fingerprint density at radius 3 is 2.68 bits per heavy atom.